The summed E-state index contributed by atoms with van der Waals surface area (Å²) >= 11 is 6.21. The number of ether oxygens (including phenoxy) is 2. The summed E-state index contributed by atoms with van der Waals surface area (Å²) < 4.78 is 14.4. The van der Waals surface area contributed by atoms with Gasteiger partial charge in [0.25, 0.3) is 6.02 Å². The smallest absolute Gasteiger partial charge is 0.337 e. The molecule has 2 aliphatic heterocycles. The lowest BCUT2D eigenvalue weighted by atomic mass is 9.87. The normalized spacial score (nSPS) is 16.4. The molecule has 0 saturated carbocycles. The number of carboxylic acids is 1. The van der Waals surface area contributed by atoms with Crippen molar-refractivity contribution in [3.63, 3.8) is 0 Å². The molecule has 0 fully saturated rings. The molecule has 8 heteroatoms. The number of aliphatic imine (C=N–C) groups is 1. The van der Waals surface area contributed by atoms with Gasteiger partial charge in [-0.2, -0.15) is 0 Å². The van der Waals surface area contributed by atoms with Crippen LogP contribution in [0.3, 0.4) is 0 Å². The van der Waals surface area contributed by atoms with Crippen LogP contribution in [0.1, 0.15) is 43.7 Å². The van der Waals surface area contributed by atoms with E-state index in [0.717, 1.165) is 45.5 Å². The summed E-state index contributed by atoms with van der Waals surface area (Å²) in [4.78, 5) is 19.4. The maximum atomic E-state index is 12.7. The summed E-state index contributed by atoms with van der Waals surface area (Å²) in [6, 6.07) is 10.3. The van der Waals surface area contributed by atoms with Crippen molar-refractivity contribution >= 4 is 40.2 Å². The van der Waals surface area contributed by atoms with Gasteiger partial charge >= 0.3 is 5.97 Å². The number of carboxylic acid groups (broad SMARTS) is 1. The van der Waals surface area contributed by atoms with Crippen molar-refractivity contribution in [1.82, 2.24) is 4.57 Å². The Balaban J connectivity index is 1.90. The average molecular weight is 496 g/mol. The van der Waals surface area contributed by atoms with Gasteiger partial charge in [0.15, 0.2) is 6.10 Å². The molecule has 1 N–H and O–H groups in total. The summed E-state index contributed by atoms with van der Waals surface area (Å²) in [6.45, 7) is 12.3. The Labute approximate surface area is 209 Å². The lowest BCUT2D eigenvalue weighted by Crippen LogP contribution is -2.38. The highest BCUT2D eigenvalue weighted by Crippen LogP contribution is 2.48. The molecule has 7 nitrogen and oxygen atoms in total. The number of hydrogen-bond donors (Lipinski definition) is 1. The van der Waals surface area contributed by atoms with E-state index >= 15 is 0 Å². The Morgan fingerprint density at radius 2 is 1.91 bits per heavy atom. The second kappa shape index (κ2) is 8.57. The highest BCUT2D eigenvalue weighted by molar-refractivity contribution is 6.30. The van der Waals surface area contributed by atoms with E-state index in [1.54, 1.807) is 0 Å². The Kier molecular flexibility index (Phi) is 5.80. The van der Waals surface area contributed by atoms with Crippen LogP contribution in [0.25, 0.3) is 22.0 Å². The second-order valence-electron chi connectivity index (χ2n) is 10.1. The zero-order valence-corrected chi connectivity index (χ0v) is 21.4. The van der Waals surface area contributed by atoms with E-state index in [-0.39, 0.29) is 0 Å². The van der Waals surface area contributed by atoms with Crippen LogP contribution in [-0.4, -0.2) is 47.0 Å². The molecule has 184 valence electrons. The zero-order valence-electron chi connectivity index (χ0n) is 20.7. The van der Waals surface area contributed by atoms with Crippen LogP contribution in [0.5, 0.6) is 0 Å². The molecule has 35 heavy (non-hydrogen) atoms. The third-order valence-electron chi connectivity index (χ3n) is 6.53. The summed E-state index contributed by atoms with van der Waals surface area (Å²) in [5, 5.41) is 12.0. The summed E-state index contributed by atoms with van der Waals surface area (Å²) in [7, 11) is 0. The van der Waals surface area contributed by atoms with E-state index in [9.17, 15) is 9.90 Å². The number of hydrogen-bond acceptors (Lipinski definition) is 5. The SMILES string of the molecule is Cc1c([C@H](OC(C)(C)C)C(=O)O)c(-c2ccc(Cl)cc2)c2cc(C)n3c2c1N(C1=NCCO1)CC3. The van der Waals surface area contributed by atoms with Gasteiger partial charge in [-0.25, -0.2) is 9.79 Å². The number of benzene rings is 2. The van der Waals surface area contributed by atoms with E-state index in [0.29, 0.717) is 36.3 Å². The number of amidine groups is 1. The summed E-state index contributed by atoms with van der Waals surface area (Å²) in [5.41, 5.74) is 5.66. The minimum atomic E-state index is -1.17. The number of anilines is 1. The molecular weight excluding hydrogens is 466 g/mol. The number of carbonyl (C=O) groups is 1. The molecule has 3 heterocycles. The van der Waals surface area contributed by atoms with Gasteiger partial charge in [-0.05, 0) is 69.5 Å². The fourth-order valence-corrected chi connectivity index (χ4v) is 5.34. The van der Waals surface area contributed by atoms with E-state index in [1.807, 2.05) is 52.0 Å². The maximum Gasteiger partial charge on any atom is 0.337 e. The fourth-order valence-electron chi connectivity index (χ4n) is 5.21. The Hall–Kier alpha value is -3.03. The molecule has 0 unspecified atom stereocenters. The van der Waals surface area contributed by atoms with Gasteiger partial charge in [0.05, 0.1) is 23.3 Å². The van der Waals surface area contributed by atoms with E-state index in [4.69, 9.17) is 21.1 Å². The molecule has 2 aliphatic rings. The highest BCUT2D eigenvalue weighted by Gasteiger charge is 2.37. The maximum absolute atomic E-state index is 12.7. The first-order valence-corrected chi connectivity index (χ1v) is 12.2. The minimum absolute atomic E-state index is 0.550. The largest absolute Gasteiger partial charge is 0.479 e. The lowest BCUT2D eigenvalue weighted by Gasteiger charge is -2.35. The van der Waals surface area contributed by atoms with Crippen LogP contribution in [0.2, 0.25) is 5.02 Å². The van der Waals surface area contributed by atoms with E-state index < -0.39 is 17.7 Å². The Morgan fingerprint density at radius 3 is 2.51 bits per heavy atom. The molecule has 0 spiro atoms. The molecule has 1 aromatic heterocycles. The zero-order chi connectivity index (χ0) is 25.1. The predicted molar refractivity (Wildman–Crippen MR) is 139 cm³/mol. The third kappa shape index (κ3) is 4.06. The number of rotatable bonds is 4. The molecule has 5 rings (SSSR count). The number of aromatic nitrogens is 1. The number of halogens is 1. The van der Waals surface area contributed by atoms with Crippen LogP contribution in [0.15, 0.2) is 35.3 Å². The van der Waals surface area contributed by atoms with E-state index in [1.165, 1.54) is 0 Å². The molecule has 1 atom stereocenters. The standard InChI is InChI=1S/C27H30ClN3O4/c1-15-14-19-21(17-6-8-18(28)9-7-17)20(24(25(32)33)35-27(3,4)5)16(2)22-23(19)30(15)11-12-31(22)26-29-10-13-34-26/h6-9,14,24H,10-13H2,1-5H3,(H,32,33)/t24-/m0/s1. The van der Waals surface area contributed by atoms with E-state index in [2.05, 4.69) is 27.4 Å². The van der Waals surface area contributed by atoms with Gasteiger partial charge in [-0.15, -0.1) is 0 Å². The first-order chi connectivity index (χ1) is 16.6. The molecular formula is C27H30ClN3O4. The van der Waals surface area contributed by atoms with Crippen molar-refractivity contribution in [2.24, 2.45) is 4.99 Å². The Morgan fingerprint density at radius 1 is 1.20 bits per heavy atom. The van der Waals surface area contributed by atoms with Gasteiger partial charge in [0, 0.05) is 34.8 Å². The van der Waals surface area contributed by atoms with Crippen molar-refractivity contribution in [3.05, 3.63) is 52.2 Å². The van der Waals surface area contributed by atoms with Crippen LogP contribution < -0.4 is 4.90 Å². The fraction of sp³-hybridized carbons (Fsp3) is 0.407. The van der Waals surface area contributed by atoms with Crippen molar-refractivity contribution in [3.8, 4) is 11.1 Å². The Bertz CT molecular complexity index is 1350. The monoisotopic (exact) mass is 495 g/mol. The quantitative estimate of drug-likeness (QED) is 0.500. The van der Waals surface area contributed by atoms with Crippen LogP contribution in [-0.2, 0) is 20.8 Å². The predicted octanol–water partition coefficient (Wildman–Crippen LogP) is 5.73. The van der Waals surface area contributed by atoms with Gasteiger partial charge in [-0.3, -0.25) is 4.90 Å². The van der Waals surface area contributed by atoms with Gasteiger partial charge in [0.2, 0.25) is 0 Å². The highest BCUT2D eigenvalue weighted by atomic mass is 35.5. The van der Waals surface area contributed by atoms with Crippen LogP contribution in [0, 0.1) is 13.8 Å². The molecule has 0 saturated heterocycles. The number of nitrogens with zero attached hydrogens (tertiary/aromatic N) is 3. The molecule has 0 radical (unpaired) electrons. The molecule has 0 bridgehead atoms. The average Bonchev–Trinajstić information content (AvgIpc) is 3.43. The van der Waals surface area contributed by atoms with Gasteiger partial charge in [0.1, 0.15) is 6.61 Å². The van der Waals surface area contributed by atoms with Gasteiger partial charge in [-0.1, -0.05) is 23.7 Å². The number of aryl methyl sites for hydroxylation is 1. The van der Waals surface area contributed by atoms with Crippen LogP contribution >= 0.6 is 11.6 Å². The summed E-state index contributed by atoms with van der Waals surface area (Å²) in [5.74, 6) is -1.03. The summed E-state index contributed by atoms with van der Waals surface area (Å²) in [6.07, 6.45) is -1.17. The third-order valence-corrected chi connectivity index (χ3v) is 6.79. The lowest BCUT2D eigenvalue weighted by molar-refractivity contribution is -0.160. The second-order valence-corrected chi connectivity index (χ2v) is 10.5. The first-order valence-electron chi connectivity index (χ1n) is 11.8. The topological polar surface area (TPSA) is 76.3 Å². The van der Waals surface area contributed by atoms with Crippen LogP contribution in [0.4, 0.5) is 5.69 Å². The molecule has 0 amide bonds. The van der Waals surface area contributed by atoms with Crippen molar-refractivity contribution in [1.29, 1.82) is 0 Å². The molecule has 3 aromatic rings. The molecule has 2 aromatic carbocycles. The van der Waals surface area contributed by atoms with Crippen molar-refractivity contribution in [2.75, 3.05) is 24.6 Å². The first kappa shape index (κ1) is 23.7. The van der Waals surface area contributed by atoms with Gasteiger partial charge < -0.3 is 19.1 Å². The van der Waals surface area contributed by atoms with Crippen molar-refractivity contribution in [2.45, 2.75) is 52.9 Å². The van der Waals surface area contributed by atoms with Crippen molar-refractivity contribution < 1.29 is 19.4 Å². The number of aliphatic carboxylic acids is 1. The molecule has 0 aliphatic carbocycles. The minimum Gasteiger partial charge on any atom is -0.479 e.